The van der Waals surface area contributed by atoms with Crippen LogP contribution in [0, 0.1) is 0 Å². The summed E-state index contributed by atoms with van der Waals surface area (Å²) < 4.78 is 0. The normalized spacial score (nSPS) is 16.1. The summed E-state index contributed by atoms with van der Waals surface area (Å²) in [6.45, 7) is 3.88. The zero-order valence-corrected chi connectivity index (χ0v) is 11.4. The van der Waals surface area contributed by atoms with Crippen LogP contribution in [0.15, 0.2) is 30.0 Å². The van der Waals surface area contributed by atoms with E-state index in [2.05, 4.69) is 19.8 Å². The first-order valence-corrected chi connectivity index (χ1v) is 7.09. The molecule has 1 aliphatic rings. The first kappa shape index (κ1) is 11.7. The molecule has 0 atom stereocenters. The van der Waals surface area contributed by atoms with Gasteiger partial charge in [-0.1, -0.05) is 11.6 Å². The van der Waals surface area contributed by atoms with Crippen LogP contribution < -0.4 is 9.80 Å². The molecule has 0 saturated carbocycles. The van der Waals surface area contributed by atoms with Gasteiger partial charge in [0.2, 0.25) is 0 Å². The third-order valence-corrected chi connectivity index (χ3v) is 4.18. The first-order chi connectivity index (χ1) is 8.84. The van der Waals surface area contributed by atoms with Gasteiger partial charge in [0.1, 0.15) is 0 Å². The van der Waals surface area contributed by atoms with Crippen molar-refractivity contribution in [2.24, 2.45) is 0 Å². The summed E-state index contributed by atoms with van der Waals surface area (Å²) in [6, 6.07) is 1.97. The molecule has 18 heavy (non-hydrogen) atoms. The van der Waals surface area contributed by atoms with Crippen molar-refractivity contribution in [3.63, 3.8) is 0 Å². The van der Waals surface area contributed by atoms with E-state index in [1.165, 1.54) is 0 Å². The molecule has 1 aliphatic heterocycles. The molecule has 0 N–H and O–H groups in total. The van der Waals surface area contributed by atoms with Crippen molar-refractivity contribution in [1.29, 1.82) is 0 Å². The van der Waals surface area contributed by atoms with Gasteiger partial charge in [0.05, 0.1) is 10.7 Å². The van der Waals surface area contributed by atoms with Crippen LogP contribution >= 0.6 is 22.9 Å². The minimum Gasteiger partial charge on any atom is -0.367 e. The molecule has 1 fully saturated rings. The molecule has 4 nitrogen and oxygen atoms in total. The Morgan fingerprint density at radius 1 is 1.11 bits per heavy atom. The average molecular weight is 281 g/mol. The van der Waals surface area contributed by atoms with Gasteiger partial charge in [0.25, 0.3) is 0 Å². The van der Waals surface area contributed by atoms with E-state index in [-0.39, 0.29) is 0 Å². The molecule has 0 aromatic carbocycles. The van der Waals surface area contributed by atoms with E-state index >= 15 is 0 Å². The Hall–Kier alpha value is -1.33. The molecule has 6 heteroatoms. The standard InChI is InChI=1S/C12H13ClN4S/c13-10-9-14-2-1-11(10)16-4-6-17(7-5-16)12-15-3-8-18-12/h1-3,8-9H,4-7H2. The number of thiazole rings is 1. The van der Waals surface area contributed by atoms with Crippen LogP contribution in [0.5, 0.6) is 0 Å². The van der Waals surface area contributed by atoms with E-state index in [0.29, 0.717) is 0 Å². The van der Waals surface area contributed by atoms with E-state index in [9.17, 15) is 0 Å². The van der Waals surface area contributed by atoms with Crippen LogP contribution in [-0.4, -0.2) is 36.1 Å². The van der Waals surface area contributed by atoms with Gasteiger partial charge in [-0.15, -0.1) is 11.3 Å². The maximum atomic E-state index is 6.17. The second-order valence-electron chi connectivity index (χ2n) is 4.12. The Bertz CT molecular complexity index is 509. The Balaban J connectivity index is 1.69. The fraction of sp³-hybridized carbons (Fsp3) is 0.333. The van der Waals surface area contributed by atoms with Crippen molar-refractivity contribution in [2.75, 3.05) is 36.0 Å². The highest BCUT2D eigenvalue weighted by molar-refractivity contribution is 7.13. The molecule has 0 aliphatic carbocycles. The van der Waals surface area contributed by atoms with Crippen molar-refractivity contribution >= 4 is 33.8 Å². The fourth-order valence-electron chi connectivity index (χ4n) is 2.14. The molecule has 1 saturated heterocycles. The number of hydrogen-bond acceptors (Lipinski definition) is 5. The fourth-order valence-corrected chi connectivity index (χ4v) is 3.07. The van der Waals surface area contributed by atoms with Crippen LogP contribution in [0.1, 0.15) is 0 Å². The van der Waals surface area contributed by atoms with Crippen molar-refractivity contribution < 1.29 is 0 Å². The molecule has 0 bridgehead atoms. The second kappa shape index (κ2) is 5.12. The molecule has 0 radical (unpaired) electrons. The number of halogens is 1. The van der Waals surface area contributed by atoms with Crippen LogP contribution in [0.4, 0.5) is 10.8 Å². The number of aromatic nitrogens is 2. The molecule has 94 valence electrons. The maximum Gasteiger partial charge on any atom is 0.185 e. The summed E-state index contributed by atoms with van der Waals surface area (Å²) in [5.41, 5.74) is 1.07. The number of nitrogens with zero attached hydrogens (tertiary/aromatic N) is 4. The van der Waals surface area contributed by atoms with Crippen LogP contribution in [0.2, 0.25) is 5.02 Å². The van der Waals surface area contributed by atoms with Crippen molar-refractivity contribution in [3.05, 3.63) is 35.1 Å². The number of hydrogen-bond donors (Lipinski definition) is 0. The summed E-state index contributed by atoms with van der Waals surface area (Å²) in [5, 5.41) is 3.84. The van der Waals surface area contributed by atoms with Gasteiger partial charge in [-0.05, 0) is 6.07 Å². The molecule has 2 aromatic heterocycles. The predicted molar refractivity (Wildman–Crippen MR) is 75.8 cm³/mol. The molecule has 0 spiro atoms. The lowest BCUT2D eigenvalue weighted by Crippen LogP contribution is -2.46. The topological polar surface area (TPSA) is 32.3 Å². The lowest BCUT2D eigenvalue weighted by atomic mass is 10.3. The zero-order chi connectivity index (χ0) is 12.4. The minimum atomic E-state index is 0.722. The van der Waals surface area contributed by atoms with Crippen LogP contribution in [0.25, 0.3) is 0 Å². The number of piperazine rings is 1. The van der Waals surface area contributed by atoms with Gasteiger partial charge < -0.3 is 9.80 Å². The zero-order valence-electron chi connectivity index (χ0n) is 9.79. The highest BCUT2D eigenvalue weighted by Gasteiger charge is 2.20. The van der Waals surface area contributed by atoms with Crippen LogP contribution in [-0.2, 0) is 0 Å². The van der Waals surface area contributed by atoms with Gasteiger partial charge in [0.15, 0.2) is 5.13 Å². The monoisotopic (exact) mass is 280 g/mol. The number of rotatable bonds is 2. The van der Waals surface area contributed by atoms with Crippen molar-refractivity contribution in [1.82, 2.24) is 9.97 Å². The number of anilines is 2. The van der Waals surface area contributed by atoms with E-state index < -0.39 is 0 Å². The maximum absolute atomic E-state index is 6.17. The smallest absolute Gasteiger partial charge is 0.185 e. The van der Waals surface area contributed by atoms with E-state index in [1.807, 2.05) is 17.6 Å². The minimum absolute atomic E-state index is 0.722. The molecular formula is C12H13ClN4S. The van der Waals surface area contributed by atoms with Gasteiger partial charge >= 0.3 is 0 Å². The molecular weight excluding hydrogens is 268 g/mol. The SMILES string of the molecule is Clc1cnccc1N1CCN(c2nccs2)CC1. The molecule has 0 amide bonds. The third kappa shape index (κ3) is 2.28. The number of pyridine rings is 1. The molecule has 3 heterocycles. The Morgan fingerprint density at radius 3 is 2.56 bits per heavy atom. The molecule has 2 aromatic rings. The average Bonchev–Trinajstić information content (AvgIpc) is 2.94. The third-order valence-electron chi connectivity index (χ3n) is 3.06. The quantitative estimate of drug-likeness (QED) is 0.846. The summed E-state index contributed by atoms with van der Waals surface area (Å²) in [5.74, 6) is 0. The van der Waals surface area contributed by atoms with E-state index in [1.54, 1.807) is 23.7 Å². The van der Waals surface area contributed by atoms with E-state index in [4.69, 9.17) is 11.6 Å². The Morgan fingerprint density at radius 2 is 1.89 bits per heavy atom. The van der Waals surface area contributed by atoms with Crippen molar-refractivity contribution in [3.8, 4) is 0 Å². The first-order valence-electron chi connectivity index (χ1n) is 5.83. The summed E-state index contributed by atoms with van der Waals surface area (Å²) >= 11 is 7.86. The van der Waals surface area contributed by atoms with Crippen molar-refractivity contribution in [2.45, 2.75) is 0 Å². The molecule has 0 unspecified atom stereocenters. The highest BCUT2D eigenvalue weighted by atomic mass is 35.5. The predicted octanol–water partition coefficient (Wildman–Crippen LogP) is 2.52. The largest absolute Gasteiger partial charge is 0.367 e. The van der Waals surface area contributed by atoms with Crippen LogP contribution in [0.3, 0.4) is 0 Å². The Kier molecular flexibility index (Phi) is 3.34. The lowest BCUT2D eigenvalue weighted by Gasteiger charge is -2.36. The van der Waals surface area contributed by atoms with Gasteiger partial charge in [-0.2, -0.15) is 0 Å². The van der Waals surface area contributed by atoms with Gasteiger partial charge in [0, 0.05) is 50.1 Å². The Labute approximate surface area is 115 Å². The second-order valence-corrected chi connectivity index (χ2v) is 5.40. The van der Waals surface area contributed by atoms with Gasteiger partial charge in [-0.25, -0.2) is 4.98 Å². The van der Waals surface area contributed by atoms with Gasteiger partial charge in [-0.3, -0.25) is 4.98 Å². The summed E-state index contributed by atoms with van der Waals surface area (Å²) in [7, 11) is 0. The summed E-state index contributed by atoms with van der Waals surface area (Å²) in [4.78, 5) is 13.0. The lowest BCUT2D eigenvalue weighted by molar-refractivity contribution is 0.652. The van der Waals surface area contributed by atoms with E-state index in [0.717, 1.165) is 42.0 Å². The molecule has 3 rings (SSSR count). The highest BCUT2D eigenvalue weighted by Crippen LogP contribution is 2.26. The summed E-state index contributed by atoms with van der Waals surface area (Å²) in [6.07, 6.45) is 5.34.